The Balaban J connectivity index is 1.58. The van der Waals surface area contributed by atoms with Crippen LogP contribution in [0.15, 0.2) is 41.2 Å². The minimum atomic E-state index is -0.158. The number of hydrogen-bond donors (Lipinski definition) is 0. The minimum absolute atomic E-state index is 0.109. The molecule has 5 rings (SSSR count). The fourth-order valence-electron chi connectivity index (χ4n) is 5.59. The van der Waals surface area contributed by atoms with E-state index in [9.17, 15) is 10.1 Å². The van der Waals surface area contributed by atoms with E-state index in [1.807, 2.05) is 6.07 Å². The molecule has 1 saturated heterocycles. The fourth-order valence-corrected chi connectivity index (χ4v) is 5.59. The van der Waals surface area contributed by atoms with Gasteiger partial charge in [-0.25, -0.2) is 4.98 Å². The molecular weight excluding hydrogens is 426 g/mol. The van der Waals surface area contributed by atoms with Crippen molar-refractivity contribution in [3.05, 3.63) is 63.6 Å². The van der Waals surface area contributed by atoms with E-state index in [2.05, 4.69) is 65.9 Å². The molecule has 2 aromatic heterocycles. The molecule has 2 aliphatic rings. The zero-order valence-electron chi connectivity index (χ0n) is 20.3. The van der Waals surface area contributed by atoms with Crippen LogP contribution in [0.4, 0.5) is 5.69 Å². The van der Waals surface area contributed by atoms with Gasteiger partial charge in [0.25, 0.3) is 5.56 Å². The molecule has 0 bridgehead atoms. The maximum atomic E-state index is 13.1. The molecule has 3 atom stereocenters. The van der Waals surface area contributed by atoms with E-state index in [0.29, 0.717) is 41.2 Å². The zero-order chi connectivity index (χ0) is 24.0. The number of ether oxygens (including phenoxy) is 1. The van der Waals surface area contributed by atoms with Crippen LogP contribution in [0.3, 0.4) is 0 Å². The molecule has 1 fully saturated rings. The van der Waals surface area contributed by atoms with Crippen molar-refractivity contribution in [3.8, 4) is 11.8 Å². The van der Waals surface area contributed by atoms with E-state index in [4.69, 9.17) is 4.74 Å². The number of pyridine rings is 2. The van der Waals surface area contributed by atoms with E-state index in [1.165, 1.54) is 11.1 Å². The molecule has 2 aliphatic heterocycles. The lowest BCUT2D eigenvalue weighted by Crippen LogP contribution is -2.62. The number of anilines is 1. The van der Waals surface area contributed by atoms with Gasteiger partial charge in [-0.3, -0.25) is 9.69 Å². The van der Waals surface area contributed by atoms with Gasteiger partial charge >= 0.3 is 0 Å². The van der Waals surface area contributed by atoms with E-state index >= 15 is 0 Å². The highest BCUT2D eigenvalue weighted by molar-refractivity contribution is 5.93. The van der Waals surface area contributed by atoms with Crippen LogP contribution in [0, 0.1) is 18.3 Å². The van der Waals surface area contributed by atoms with Crippen molar-refractivity contribution in [2.75, 3.05) is 24.6 Å². The Hall–Kier alpha value is -3.37. The summed E-state index contributed by atoms with van der Waals surface area (Å²) >= 11 is 0. The number of piperazine rings is 1. The van der Waals surface area contributed by atoms with Crippen molar-refractivity contribution in [3.63, 3.8) is 0 Å². The predicted octanol–water partition coefficient (Wildman–Crippen LogP) is 3.93. The number of nitrogens with zero attached hydrogens (tertiary/aromatic N) is 5. The average Bonchev–Trinajstić information content (AvgIpc) is 2.87. The Bertz CT molecular complexity index is 1320. The SMILES string of the molecule is CCC(c1ccc(C)cc1)N1C[C@H]2COc3c(c4nc(C#N)ccc4n(C)c3=O)N2C[C@H]1CC. The summed E-state index contributed by atoms with van der Waals surface area (Å²) in [5, 5.41) is 9.45. The number of aromatic nitrogens is 2. The maximum Gasteiger partial charge on any atom is 0.295 e. The second-order valence-corrected chi connectivity index (χ2v) is 9.43. The number of rotatable bonds is 4. The standard InChI is InChI=1S/C27H31N5O2/c1-5-20-14-32-21(15-31(20)22(6-2)18-9-7-17(3)8-10-18)16-34-26-25(32)24-23(30(4)27(26)33)12-11-19(13-28)29-24/h7-12,20-22H,5-6,14-16H2,1-4H3/t20-,21+,22?/m1/s1. The highest BCUT2D eigenvalue weighted by atomic mass is 16.5. The first kappa shape index (κ1) is 22.4. The second-order valence-electron chi connectivity index (χ2n) is 9.43. The quantitative estimate of drug-likeness (QED) is 0.591. The van der Waals surface area contributed by atoms with Crippen LogP contribution < -0.4 is 15.2 Å². The third kappa shape index (κ3) is 3.54. The molecule has 0 radical (unpaired) electrons. The van der Waals surface area contributed by atoms with Crippen molar-refractivity contribution < 1.29 is 4.74 Å². The van der Waals surface area contributed by atoms with Gasteiger partial charge in [0, 0.05) is 32.2 Å². The number of aryl methyl sites for hydroxylation is 2. The van der Waals surface area contributed by atoms with Crippen LogP contribution >= 0.6 is 0 Å². The molecule has 0 spiro atoms. The fraction of sp³-hybridized carbons (Fsp3) is 0.444. The highest BCUT2D eigenvalue weighted by Gasteiger charge is 2.41. The van der Waals surface area contributed by atoms with Gasteiger partial charge in [-0.1, -0.05) is 43.7 Å². The van der Waals surface area contributed by atoms with E-state index in [1.54, 1.807) is 17.7 Å². The van der Waals surface area contributed by atoms with Gasteiger partial charge in [0.1, 0.15) is 29.6 Å². The number of nitriles is 1. The van der Waals surface area contributed by atoms with Crippen molar-refractivity contribution >= 4 is 16.7 Å². The van der Waals surface area contributed by atoms with Crippen LogP contribution in [0.5, 0.6) is 5.75 Å². The molecule has 34 heavy (non-hydrogen) atoms. The van der Waals surface area contributed by atoms with Crippen LogP contribution in [0.1, 0.15) is 49.6 Å². The average molecular weight is 458 g/mol. The molecule has 3 aromatic rings. The Morgan fingerprint density at radius 3 is 2.62 bits per heavy atom. The molecule has 4 heterocycles. The van der Waals surface area contributed by atoms with Gasteiger partial charge in [-0.15, -0.1) is 0 Å². The predicted molar refractivity (Wildman–Crippen MR) is 133 cm³/mol. The molecule has 7 heteroatoms. The summed E-state index contributed by atoms with van der Waals surface area (Å²) in [6.45, 7) is 8.70. The number of fused-ring (bicyclic) bond motifs is 5. The Kier molecular flexibility index (Phi) is 5.78. The normalized spacial score (nSPS) is 20.9. The van der Waals surface area contributed by atoms with Gasteiger partial charge in [0.15, 0.2) is 0 Å². The van der Waals surface area contributed by atoms with Gasteiger partial charge in [0.05, 0.1) is 11.6 Å². The van der Waals surface area contributed by atoms with Gasteiger partial charge in [-0.2, -0.15) is 5.26 Å². The molecule has 0 aliphatic carbocycles. The topological polar surface area (TPSA) is 74.4 Å². The molecule has 1 unspecified atom stereocenters. The largest absolute Gasteiger partial charge is 0.484 e. The molecule has 0 N–H and O–H groups in total. The lowest BCUT2D eigenvalue weighted by atomic mass is 9.94. The molecular formula is C27H31N5O2. The van der Waals surface area contributed by atoms with E-state index in [-0.39, 0.29) is 11.6 Å². The first-order chi connectivity index (χ1) is 16.5. The summed E-state index contributed by atoms with van der Waals surface area (Å²) in [7, 11) is 1.73. The summed E-state index contributed by atoms with van der Waals surface area (Å²) in [5.41, 5.74) is 4.92. The van der Waals surface area contributed by atoms with Gasteiger partial charge in [-0.05, 0) is 37.5 Å². The highest BCUT2D eigenvalue weighted by Crippen LogP contribution is 2.41. The second kappa shape index (κ2) is 8.77. The van der Waals surface area contributed by atoms with Gasteiger partial charge < -0.3 is 14.2 Å². The Morgan fingerprint density at radius 2 is 1.94 bits per heavy atom. The molecule has 0 amide bonds. The summed E-state index contributed by atoms with van der Waals surface area (Å²) in [6, 6.07) is 15.3. The third-order valence-electron chi connectivity index (χ3n) is 7.45. The molecule has 7 nitrogen and oxygen atoms in total. The summed E-state index contributed by atoms with van der Waals surface area (Å²) in [6.07, 6.45) is 2.03. The molecule has 176 valence electrons. The smallest absolute Gasteiger partial charge is 0.295 e. The first-order valence-electron chi connectivity index (χ1n) is 12.1. The maximum absolute atomic E-state index is 13.1. The van der Waals surface area contributed by atoms with E-state index < -0.39 is 0 Å². The molecule has 0 saturated carbocycles. The molecule has 1 aromatic carbocycles. The van der Waals surface area contributed by atoms with Crippen LogP contribution in [0.2, 0.25) is 0 Å². The summed E-state index contributed by atoms with van der Waals surface area (Å²) in [5.74, 6) is 0.350. The third-order valence-corrected chi connectivity index (χ3v) is 7.45. The number of benzene rings is 1. The minimum Gasteiger partial charge on any atom is -0.484 e. The van der Waals surface area contributed by atoms with Crippen molar-refractivity contribution in [1.29, 1.82) is 5.26 Å². The van der Waals surface area contributed by atoms with Crippen LogP contribution in [-0.2, 0) is 7.05 Å². The lowest BCUT2D eigenvalue weighted by molar-refractivity contribution is 0.0720. The first-order valence-corrected chi connectivity index (χ1v) is 12.1. The number of hydrogen-bond acceptors (Lipinski definition) is 6. The van der Waals surface area contributed by atoms with Crippen LogP contribution in [-0.4, -0.2) is 46.2 Å². The van der Waals surface area contributed by atoms with Crippen molar-refractivity contribution in [1.82, 2.24) is 14.5 Å². The Labute approximate surface area is 200 Å². The van der Waals surface area contributed by atoms with Gasteiger partial charge in [0.2, 0.25) is 5.75 Å². The Morgan fingerprint density at radius 1 is 1.18 bits per heavy atom. The van der Waals surface area contributed by atoms with Crippen molar-refractivity contribution in [2.45, 2.75) is 51.7 Å². The zero-order valence-corrected chi connectivity index (χ0v) is 20.3. The van der Waals surface area contributed by atoms with Crippen LogP contribution in [0.25, 0.3) is 11.0 Å². The lowest BCUT2D eigenvalue weighted by Gasteiger charge is -2.51. The summed E-state index contributed by atoms with van der Waals surface area (Å²) < 4.78 is 7.68. The monoisotopic (exact) mass is 457 g/mol. The van der Waals surface area contributed by atoms with Crippen molar-refractivity contribution in [2.24, 2.45) is 7.05 Å². The summed E-state index contributed by atoms with van der Waals surface area (Å²) in [4.78, 5) is 22.7. The van der Waals surface area contributed by atoms with E-state index in [0.717, 1.165) is 31.6 Å².